The van der Waals surface area contributed by atoms with Gasteiger partial charge in [0.25, 0.3) is 5.91 Å². The molecule has 2 N–H and O–H groups in total. The third-order valence-electron chi connectivity index (χ3n) is 6.59. The molecule has 0 saturated carbocycles. The van der Waals surface area contributed by atoms with Gasteiger partial charge in [-0.25, -0.2) is 4.98 Å². The standard InChI is InChI=1S/C21H26N4OS/c22-21-23-10-19(27-21)20(26)24-11-14-9-16(13-24)18-8-4-7-17(25(18)12-14)15-5-2-1-3-6-15/h1-3,5-6,10,14,16-18H,4,7-9,11-13H2,(H2,22,23)/t14-,16+,17+,18-/m0/s1. The van der Waals surface area contributed by atoms with E-state index in [-0.39, 0.29) is 5.91 Å². The maximum Gasteiger partial charge on any atom is 0.265 e. The Balaban J connectivity index is 1.36. The highest BCUT2D eigenvalue weighted by atomic mass is 32.1. The number of amides is 1. The molecule has 3 aliphatic rings. The molecule has 5 nitrogen and oxygen atoms in total. The topological polar surface area (TPSA) is 62.5 Å². The number of benzene rings is 1. The van der Waals surface area contributed by atoms with Crippen molar-refractivity contribution in [3.8, 4) is 0 Å². The zero-order valence-corrected chi connectivity index (χ0v) is 16.3. The third-order valence-corrected chi connectivity index (χ3v) is 7.41. The van der Waals surface area contributed by atoms with Gasteiger partial charge in [0.05, 0.1) is 6.20 Å². The van der Waals surface area contributed by atoms with E-state index in [1.54, 1.807) is 6.20 Å². The highest BCUT2D eigenvalue weighted by Crippen LogP contribution is 2.44. The molecule has 5 rings (SSSR count). The van der Waals surface area contributed by atoms with Crippen LogP contribution in [-0.4, -0.2) is 46.4 Å². The molecule has 4 atom stereocenters. The van der Waals surface area contributed by atoms with Gasteiger partial charge in [0, 0.05) is 31.7 Å². The first-order chi connectivity index (χ1) is 13.2. The van der Waals surface area contributed by atoms with Crippen molar-refractivity contribution in [1.29, 1.82) is 0 Å². The minimum atomic E-state index is 0.114. The molecule has 6 heteroatoms. The molecular weight excluding hydrogens is 356 g/mol. The lowest BCUT2D eigenvalue weighted by atomic mass is 9.74. The highest BCUT2D eigenvalue weighted by Gasteiger charge is 2.45. The fraction of sp³-hybridized carbons (Fsp3) is 0.524. The van der Waals surface area contributed by atoms with E-state index in [9.17, 15) is 4.79 Å². The second-order valence-corrected chi connectivity index (χ2v) is 9.32. The first-order valence-corrected chi connectivity index (χ1v) is 10.8. The van der Waals surface area contributed by atoms with Crippen molar-refractivity contribution in [3.05, 3.63) is 47.0 Å². The Morgan fingerprint density at radius 1 is 1.15 bits per heavy atom. The molecule has 142 valence electrons. The minimum absolute atomic E-state index is 0.114. The first kappa shape index (κ1) is 17.2. The number of nitrogen functional groups attached to an aromatic ring is 1. The molecule has 1 aromatic heterocycles. The number of nitrogens with two attached hydrogens (primary N) is 1. The van der Waals surface area contributed by atoms with Gasteiger partial charge in [0.15, 0.2) is 5.13 Å². The van der Waals surface area contributed by atoms with Gasteiger partial charge in [-0.2, -0.15) is 0 Å². The Morgan fingerprint density at radius 3 is 2.78 bits per heavy atom. The number of fused-ring (bicyclic) bond motifs is 4. The molecule has 3 saturated heterocycles. The molecule has 0 unspecified atom stereocenters. The number of rotatable bonds is 2. The van der Waals surface area contributed by atoms with Gasteiger partial charge in [-0.3, -0.25) is 9.69 Å². The summed E-state index contributed by atoms with van der Waals surface area (Å²) in [6.45, 7) is 2.84. The zero-order valence-electron chi connectivity index (χ0n) is 15.5. The van der Waals surface area contributed by atoms with E-state index in [0.717, 1.165) is 19.6 Å². The SMILES string of the molecule is Nc1ncc(C(=O)N2C[C@@H]3C[C@H](C2)[C@@H]2CCC[C@H](c4ccccc4)N2C3)s1. The smallest absolute Gasteiger partial charge is 0.265 e. The Labute approximate surface area is 164 Å². The number of thiazole rings is 1. The van der Waals surface area contributed by atoms with Crippen LogP contribution in [0, 0.1) is 11.8 Å². The van der Waals surface area contributed by atoms with Crippen molar-refractivity contribution in [3.63, 3.8) is 0 Å². The van der Waals surface area contributed by atoms with Crippen LogP contribution in [0.25, 0.3) is 0 Å². The number of aromatic nitrogens is 1. The van der Waals surface area contributed by atoms with Gasteiger partial charge in [0.1, 0.15) is 4.88 Å². The molecule has 3 fully saturated rings. The zero-order chi connectivity index (χ0) is 18.4. The van der Waals surface area contributed by atoms with Crippen LogP contribution < -0.4 is 5.73 Å². The van der Waals surface area contributed by atoms with E-state index in [0.29, 0.717) is 33.9 Å². The number of carbonyl (C=O) groups is 1. The molecular formula is C21H26N4OS. The lowest BCUT2D eigenvalue weighted by Crippen LogP contribution is -2.60. The summed E-state index contributed by atoms with van der Waals surface area (Å²) in [7, 11) is 0. The Hall–Kier alpha value is -1.92. The molecule has 1 aromatic carbocycles. The van der Waals surface area contributed by atoms with Crippen molar-refractivity contribution >= 4 is 22.4 Å². The summed E-state index contributed by atoms with van der Waals surface area (Å²) in [5.74, 6) is 1.26. The predicted octanol–water partition coefficient (Wildman–Crippen LogP) is 3.41. The second-order valence-electron chi connectivity index (χ2n) is 8.26. The van der Waals surface area contributed by atoms with Gasteiger partial charge in [0.2, 0.25) is 0 Å². The number of likely N-dealkylation sites (tertiary alicyclic amines) is 1. The van der Waals surface area contributed by atoms with E-state index in [1.165, 1.54) is 42.6 Å². The molecule has 0 spiro atoms. The summed E-state index contributed by atoms with van der Waals surface area (Å²) in [5.41, 5.74) is 7.18. The molecule has 2 bridgehead atoms. The van der Waals surface area contributed by atoms with Crippen LogP contribution in [-0.2, 0) is 0 Å². The summed E-state index contributed by atoms with van der Waals surface area (Å²) in [4.78, 5) is 22.5. The van der Waals surface area contributed by atoms with Gasteiger partial charge >= 0.3 is 0 Å². The first-order valence-electron chi connectivity index (χ1n) is 10.0. The molecule has 4 heterocycles. The van der Waals surface area contributed by atoms with Gasteiger partial charge in [-0.1, -0.05) is 41.7 Å². The molecule has 0 aliphatic carbocycles. The van der Waals surface area contributed by atoms with Gasteiger partial charge < -0.3 is 10.6 Å². The van der Waals surface area contributed by atoms with E-state index in [1.807, 2.05) is 0 Å². The van der Waals surface area contributed by atoms with Crippen molar-refractivity contribution in [2.45, 2.75) is 37.8 Å². The summed E-state index contributed by atoms with van der Waals surface area (Å²) in [5, 5.41) is 0.472. The number of carbonyl (C=O) groups excluding carboxylic acids is 1. The van der Waals surface area contributed by atoms with Crippen LogP contribution in [0.5, 0.6) is 0 Å². The fourth-order valence-corrected chi connectivity index (χ4v) is 6.20. The fourth-order valence-electron chi connectivity index (χ4n) is 5.55. The average molecular weight is 383 g/mol. The lowest BCUT2D eigenvalue weighted by molar-refractivity contribution is -0.0510. The maximum absolute atomic E-state index is 12.9. The summed E-state index contributed by atoms with van der Waals surface area (Å²) >= 11 is 1.30. The van der Waals surface area contributed by atoms with Crippen LogP contribution >= 0.6 is 11.3 Å². The Kier molecular flexibility index (Phi) is 4.40. The maximum atomic E-state index is 12.9. The van der Waals surface area contributed by atoms with Crippen molar-refractivity contribution in [2.75, 3.05) is 25.4 Å². The molecule has 2 aromatic rings. The largest absolute Gasteiger partial charge is 0.375 e. The van der Waals surface area contributed by atoms with E-state index < -0.39 is 0 Å². The molecule has 1 amide bonds. The van der Waals surface area contributed by atoms with Crippen LogP contribution in [0.2, 0.25) is 0 Å². The Bertz CT molecular complexity index is 823. The molecule has 3 aliphatic heterocycles. The average Bonchev–Trinajstić information content (AvgIpc) is 3.14. The second kappa shape index (κ2) is 6.91. The monoisotopic (exact) mass is 382 g/mol. The van der Waals surface area contributed by atoms with Gasteiger partial charge in [-0.15, -0.1) is 0 Å². The highest BCUT2D eigenvalue weighted by molar-refractivity contribution is 7.17. The summed E-state index contributed by atoms with van der Waals surface area (Å²) in [6, 6.07) is 12.1. The van der Waals surface area contributed by atoms with Crippen molar-refractivity contribution in [2.24, 2.45) is 11.8 Å². The van der Waals surface area contributed by atoms with Crippen molar-refractivity contribution in [1.82, 2.24) is 14.8 Å². The molecule has 27 heavy (non-hydrogen) atoms. The Morgan fingerprint density at radius 2 is 2.00 bits per heavy atom. The van der Waals surface area contributed by atoms with Crippen LogP contribution in [0.15, 0.2) is 36.5 Å². The van der Waals surface area contributed by atoms with Crippen LogP contribution in [0.3, 0.4) is 0 Å². The number of hydrogen-bond acceptors (Lipinski definition) is 5. The van der Waals surface area contributed by atoms with E-state index >= 15 is 0 Å². The normalized spacial score (nSPS) is 30.7. The summed E-state index contributed by atoms with van der Waals surface area (Å²) < 4.78 is 0. The number of anilines is 1. The van der Waals surface area contributed by atoms with Crippen LogP contribution in [0.4, 0.5) is 5.13 Å². The van der Waals surface area contributed by atoms with Gasteiger partial charge in [-0.05, 0) is 43.1 Å². The van der Waals surface area contributed by atoms with Crippen molar-refractivity contribution < 1.29 is 4.79 Å². The number of hydrogen-bond donors (Lipinski definition) is 1. The van der Waals surface area contributed by atoms with Crippen LogP contribution in [0.1, 0.15) is 47.0 Å². The third kappa shape index (κ3) is 3.15. The van der Waals surface area contributed by atoms with E-state index in [2.05, 4.69) is 45.1 Å². The summed E-state index contributed by atoms with van der Waals surface area (Å²) in [6.07, 6.45) is 6.68. The van der Waals surface area contributed by atoms with E-state index in [4.69, 9.17) is 5.73 Å². The number of nitrogens with zero attached hydrogens (tertiary/aromatic N) is 3. The molecule has 0 radical (unpaired) electrons. The quantitative estimate of drug-likeness (QED) is 0.865. The number of piperidine rings is 3. The lowest BCUT2D eigenvalue weighted by Gasteiger charge is -2.55. The predicted molar refractivity (Wildman–Crippen MR) is 108 cm³/mol. The minimum Gasteiger partial charge on any atom is -0.375 e.